The van der Waals surface area contributed by atoms with E-state index in [9.17, 15) is 14.0 Å². The maximum atomic E-state index is 12.9. The first kappa shape index (κ1) is 13.7. The Morgan fingerprint density at radius 1 is 1.39 bits per heavy atom. The maximum absolute atomic E-state index is 12.9. The molecule has 2 N–H and O–H groups in total. The van der Waals surface area contributed by atoms with Crippen LogP contribution in [0.1, 0.15) is 5.56 Å². The van der Waals surface area contributed by atoms with Crippen molar-refractivity contribution >= 4 is 11.9 Å². The molecule has 0 fully saturated rings. The lowest BCUT2D eigenvalue weighted by atomic mass is 10.2. The van der Waals surface area contributed by atoms with Crippen molar-refractivity contribution in [1.29, 1.82) is 0 Å². The summed E-state index contributed by atoms with van der Waals surface area (Å²) >= 11 is 0. The van der Waals surface area contributed by atoms with E-state index >= 15 is 0 Å². The lowest BCUT2D eigenvalue weighted by Gasteiger charge is -2.15. The number of carboxylic acids is 1. The molecule has 0 aromatic heterocycles. The fourth-order valence-electron chi connectivity index (χ4n) is 1.28. The minimum atomic E-state index is -1.58. The molecule has 0 atom stereocenters. The molecule has 0 unspecified atom stereocenters. The maximum Gasteiger partial charge on any atom is 0.371 e. The molecule has 1 rings (SSSR count). The second-order valence-electron chi connectivity index (χ2n) is 3.66. The number of nitrogens with zero attached hydrogens (tertiary/aromatic N) is 1. The predicted molar refractivity (Wildman–Crippen MR) is 61.2 cm³/mol. The van der Waals surface area contributed by atoms with Crippen molar-refractivity contribution in [2.24, 2.45) is 0 Å². The Morgan fingerprint density at radius 3 is 2.61 bits per heavy atom. The topological polar surface area (TPSA) is 77.8 Å². The van der Waals surface area contributed by atoms with Crippen molar-refractivity contribution < 1.29 is 24.2 Å². The highest BCUT2D eigenvalue weighted by Crippen LogP contribution is 2.07. The molecular weight excluding hydrogens is 241 g/mol. The third-order valence-electron chi connectivity index (χ3n) is 2.16. The lowest BCUT2D eigenvalue weighted by Crippen LogP contribution is -2.25. The number of aliphatic hydroxyl groups excluding tert-OH is 1. The van der Waals surface area contributed by atoms with E-state index in [0.29, 0.717) is 11.6 Å². The number of hydrogen-bond acceptors (Lipinski definition) is 3. The van der Waals surface area contributed by atoms with Gasteiger partial charge in [-0.25, -0.2) is 9.18 Å². The molecule has 0 saturated heterocycles. The van der Waals surface area contributed by atoms with Crippen LogP contribution in [0.2, 0.25) is 0 Å². The number of benzene rings is 1. The first-order valence-corrected chi connectivity index (χ1v) is 5.03. The highest BCUT2D eigenvalue weighted by atomic mass is 19.1. The smallest absolute Gasteiger partial charge is 0.371 e. The van der Waals surface area contributed by atoms with Crippen molar-refractivity contribution in [3.05, 3.63) is 47.5 Å². The Bertz CT molecular complexity index is 499. The predicted octanol–water partition coefficient (Wildman–Crippen LogP) is 1.31. The Kier molecular flexibility index (Phi) is 4.42. The monoisotopic (exact) mass is 253 g/mol. The second-order valence-corrected chi connectivity index (χ2v) is 3.66. The van der Waals surface area contributed by atoms with Crippen LogP contribution in [0, 0.1) is 5.82 Å². The summed E-state index contributed by atoms with van der Waals surface area (Å²) in [5, 5.41) is 17.3. The molecule has 18 heavy (non-hydrogen) atoms. The van der Waals surface area contributed by atoms with E-state index in [1.807, 2.05) is 0 Å². The normalized spacial score (nSPS) is 11.1. The Balaban J connectivity index is 2.71. The zero-order valence-corrected chi connectivity index (χ0v) is 9.63. The van der Waals surface area contributed by atoms with Crippen molar-refractivity contribution in [3.63, 3.8) is 0 Å². The average molecular weight is 253 g/mol. The summed E-state index contributed by atoms with van der Waals surface area (Å²) in [6.07, 6.45) is 0.599. The molecule has 0 aliphatic rings. The quantitative estimate of drug-likeness (QED) is 0.626. The number of aliphatic hydroxyl groups is 1. The number of carboxylic acid groups (broad SMARTS) is 1. The highest BCUT2D eigenvalue weighted by Gasteiger charge is 2.11. The molecule has 96 valence electrons. The van der Waals surface area contributed by atoms with Crippen LogP contribution in [0.5, 0.6) is 0 Å². The van der Waals surface area contributed by atoms with Crippen LogP contribution < -0.4 is 0 Å². The number of likely N-dealkylation sites (N-methyl/N-ethyl adjacent to an activating group) is 1. The molecule has 1 aromatic carbocycles. The van der Waals surface area contributed by atoms with E-state index < -0.39 is 23.5 Å². The molecule has 0 heterocycles. The molecule has 0 bridgehead atoms. The van der Waals surface area contributed by atoms with Gasteiger partial charge in [0.1, 0.15) is 5.82 Å². The Hall–Kier alpha value is -2.37. The number of rotatable bonds is 4. The summed E-state index contributed by atoms with van der Waals surface area (Å²) in [5.74, 6) is -3.72. The first-order chi connectivity index (χ1) is 8.40. The Morgan fingerprint density at radius 2 is 2.06 bits per heavy atom. The fraction of sp³-hybridized carbons (Fsp3) is 0.167. The van der Waals surface area contributed by atoms with E-state index in [0.717, 1.165) is 4.90 Å². The molecular formula is C12H12FNO4. The third kappa shape index (κ3) is 3.89. The van der Waals surface area contributed by atoms with Gasteiger partial charge in [0.25, 0.3) is 5.91 Å². The van der Waals surface area contributed by atoms with Crippen LogP contribution in [0.4, 0.5) is 4.39 Å². The minimum absolute atomic E-state index is 0.111. The van der Waals surface area contributed by atoms with Gasteiger partial charge in [-0.1, -0.05) is 12.1 Å². The summed E-state index contributed by atoms with van der Waals surface area (Å²) in [5.41, 5.74) is 0.564. The van der Waals surface area contributed by atoms with Crippen molar-refractivity contribution in [2.75, 3.05) is 7.05 Å². The summed E-state index contributed by atoms with van der Waals surface area (Å²) in [6, 6.07) is 5.69. The lowest BCUT2D eigenvalue weighted by molar-refractivity contribution is -0.136. The van der Waals surface area contributed by atoms with Crippen LogP contribution in [-0.2, 0) is 16.1 Å². The van der Waals surface area contributed by atoms with Crippen LogP contribution in [0.15, 0.2) is 36.1 Å². The molecule has 0 spiro atoms. The summed E-state index contributed by atoms with van der Waals surface area (Å²) in [4.78, 5) is 23.0. The molecule has 0 aliphatic heterocycles. The molecule has 1 aromatic rings. The van der Waals surface area contributed by atoms with Crippen molar-refractivity contribution in [3.8, 4) is 0 Å². The number of hydrogen-bond donors (Lipinski definition) is 2. The standard InChI is InChI=1S/C12H12FNO4/c1-14(11(16)6-10(15)12(17)18)7-8-3-2-4-9(13)5-8/h2-6,15H,7H2,1H3,(H,17,18). The molecule has 1 amide bonds. The largest absolute Gasteiger partial charge is 0.502 e. The first-order valence-electron chi connectivity index (χ1n) is 5.03. The minimum Gasteiger partial charge on any atom is -0.502 e. The van der Waals surface area contributed by atoms with Gasteiger partial charge in [0.2, 0.25) is 5.76 Å². The van der Waals surface area contributed by atoms with Gasteiger partial charge in [-0.3, -0.25) is 4.79 Å². The van der Waals surface area contributed by atoms with E-state index in [1.54, 1.807) is 6.07 Å². The van der Waals surface area contributed by atoms with Gasteiger partial charge in [-0.05, 0) is 17.7 Å². The SMILES string of the molecule is CN(Cc1cccc(F)c1)C(=O)C=C(O)C(=O)O. The van der Waals surface area contributed by atoms with Gasteiger partial charge in [-0.15, -0.1) is 0 Å². The Labute approximate surface area is 103 Å². The summed E-state index contributed by atoms with van der Waals surface area (Å²) < 4.78 is 12.9. The van der Waals surface area contributed by atoms with Gasteiger partial charge in [0.15, 0.2) is 0 Å². The number of aliphatic carboxylic acids is 1. The summed E-state index contributed by atoms with van der Waals surface area (Å²) in [7, 11) is 1.42. The van der Waals surface area contributed by atoms with Gasteiger partial charge >= 0.3 is 5.97 Å². The third-order valence-corrected chi connectivity index (χ3v) is 2.16. The van der Waals surface area contributed by atoms with Crippen LogP contribution in [-0.4, -0.2) is 34.0 Å². The van der Waals surface area contributed by atoms with Gasteiger partial charge < -0.3 is 15.1 Å². The van der Waals surface area contributed by atoms with E-state index in [1.165, 1.54) is 25.2 Å². The van der Waals surface area contributed by atoms with Gasteiger partial charge in [0, 0.05) is 13.6 Å². The molecule has 5 nitrogen and oxygen atoms in total. The van der Waals surface area contributed by atoms with Crippen molar-refractivity contribution in [1.82, 2.24) is 4.90 Å². The van der Waals surface area contributed by atoms with Gasteiger partial charge in [0.05, 0.1) is 6.08 Å². The van der Waals surface area contributed by atoms with Crippen LogP contribution in [0.25, 0.3) is 0 Å². The second kappa shape index (κ2) is 5.81. The zero-order chi connectivity index (χ0) is 13.7. The highest BCUT2D eigenvalue weighted by molar-refractivity contribution is 5.95. The zero-order valence-electron chi connectivity index (χ0n) is 9.63. The number of carbonyl (C=O) groups excluding carboxylic acids is 1. The summed E-state index contributed by atoms with van der Waals surface area (Å²) in [6.45, 7) is 0.111. The molecule has 0 saturated carbocycles. The molecule has 0 radical (unpaired) electrons. The average Bonchev–Trinajstić information content (AvgIpc) is 2.28. The number of halogens is 1. The van der Waals surface area contributed by atoms with E-state index in [-0.39, 0.29) is 6.54 Å². The molecule has 6 heteroatoms. The number of carbonyl (C=O) groups is 2. The van der Waals surface area contributed by atoms with Crippen LogP contribution >= 0.6 is 0 Å². The molecule has 0 aliphatic carbocycles. The van der Waals surface area contributed by atoms with Crippen molar-refractivity contribution in [2.45, 2.75) is 6.54 Å². The van der Waals surface area contributed by atoms with Crippen LogP contribution in [0.3, 0.4) is 0 Å². The van der Waals surface area contributed by atoms with Gasteiger partial charge in [-0.2, -0.15) is 0 Å². The van der Waals surface area contributed by atoms with E-state index in [4.69, 9.17) is 10.2 Å². The van der Waals surface area contributed by atoms with E-state index in [2.05, 4.69) is 0 Å². The number of amides is 1. The fourth-order valence-corrected chi connectivity index (χ4v) is 1.28.